The van der Waals surface area contributed by atoms with E-state index in [9.17, 15) is 21.6 Å². The number of nitrogens with zero attached hydrogens (tertiary/aromatic N) is 2. The number of alkyl halides is 3. The molecule has 0 bridgehead atoms. The molecule has 1 aliphatic rings. The number of aryl methyl sites for hydroxylation is 1. The van der Waals surface area contributed by atoms with Gasteiger partial charge in [0.05, 0.1) is 32.6 Å². The van der Waals surface area contributed by atoms with Crippen LogP contribution in [-0.2, 0) is 46.9 Å². The van der Waals surface area contributed by atoms with E-state index in [2.05, 4.69) is 9.82 Å². The highest BCUT2D eigenvalue weighted by atomic mass is 32.2. The van der Waals surface area contributed by atoms with Gasteiger partial charge in [-0.1, -0.05) is 12.1 Å². The first-order valence-electron chi connectivity index (χ1n) is 9.03. The number of nitrogens with one attached hydrogen (secondary N) is 1. The lowest BCUT2D eigenvalue weighted by Gasteiger charge is -2.15. The molecule has 0 aliphatic carbocycles. The van der Waals surface area contributed by atoms with Crippen molar-refractivity contribution >= 4 is 10.0 Å². The van der Waals surface area contributed by atoms with E-state index in [1.807, 2.05) is 0 Å². The standard InChI is InChI=1S/C18H22F3N3O4S/c1-27-14-4-2-13(3-5-14)7-11-29(25,26)22-8-9-24-16-6-10-28-12-15(16)17(23-24)18(19,20)21/h2-5,22H,6-12H2,1H3. The fourth-order valence-electron chi connectivity index (χ4n) is 3.14. The molecule has 1 aliphatic heterocycles. The van der Waals surface area contributed by atoms with Crippen LogP contribution in [0.25, 0.3) is 0 Å². The minimum Gasteiger partial charge on any atom is -0.497 e. The van der Waals surface area contributed by atoms with Gasteiger partial charge in [0, 0.05) is 24.2 Å². The molecule has 3 rings (SSSR count). The lowest BCUT2D eigenvalue weighted by molar-refractivity contribution is -0.142. The third kappa shape index (κ3) is 5.49. The van der Waals surface area contributed by atoms with Gasteiger partial charge in [-0.3, -0.25) is 4.68 Å². The number of hydrogen-bond donors (Lipinski definition) is 1. The van der Waals surface area contributed by atoms with Gasteiger partial charge >= 0.3 is 6.18 Å². The van der Waals surface area contributed by atoms with Crippen LogP contribution in [0.15, 0.2) is 24.3 Å². The van der Waals surface area contributed by atoms with Crippen molar-refractivity contribution in [3.63, 3.8) is 0 Å². The molecule has 160 valence electrons. The summed E-state index contributed by atoms with van der Waals surface area (Å²) in [5.41, 5.74) is 0.355. The van der Waals surface area contributed by atoms with Crippen molar-refractivity contribution in [1.82, 2.24) is 14.5 Å². The third-order valence-electron chi connectivity index (χ3n) is 4.63. The number of aromatic nitrogens is 2. The quantitative estimate of drug-likeness (QED) is 0.690. The van der Waals surface area contributed by atoms with Crippen molar-refractivity contribution in [2.75, 3.05) is 26.0 Å². The maximum atomic E-state index is 13.2. The number of ether oxygens (including phenoxy) is 2. The summed E-state index contributed by atoms with van der Waals surface area (Å²) >= 11 is 0. The number of fused-ring (bicyclic) bond motifs is 1. The number of rotatable bonds is 8. The molecule has 0 spiro atoms. The van der Waals surface area contributed by atoms with Gasteiger partial charge in [-0.15, -0.1) is 0 Å². The van der Waals surface area contributed by atoms with E-state index < -0.39 is 21.9 Å². The summed E-state index contributed by atoms with van der Waals surface area (Å²) in [6.45, 7) is 0.138. The highest BCUT2D eigenvalue weighted by Gasteiger charge is 2.39. The molecular formula is C18H22F3N3O4S. The van der Waals surface area contributed by atoms with Crippen molar-refractivity contribution < 1.29 is 31.1 Å². The van der Waals surface area contributed by atoms with Gasteiger partial charge in [0.2, 0.25) is 10.0 Å². The summed E-state index contributed by atoms with van der Waals surface area (Å²) in [5.74, 6) is 0.555. The summed E-state index contributed by atoms with van der Waals surface area (Å²) in [7, 11) is -2.03. The monoisotopic (exact) mass is 433 g/mol. The van der Waals surface area contributed by atoms with Crippen LogP contribution in [0.1, 0.15) is 22.5 Å². The van der Waals surface area contributed by atoms with Gasteiger partial charge in [0.1, 0.15) is 5.75 Å². The molecule has 0 atom stereocenters. The maximum absolute atomic E-state index is 13.2. The zero-order chi connectivity index (χ0) is 21.1. The number of methoxy groups -OCH3 is 1. The molecule has 0 saturated carbocycles. The fraction of sp³-hybridized carbons (Fsp3) is 0.500. The average Bonchev–Trinajstić information content (AvgIpc) is 3.06. The van der Waals surface area contributed by atoms with Crippen LogP contribution >= 0.6 is 0 Å². The molecule has 2 heterocycles. The van der Waals surface area contributed by atoms with Crippen LogP contribution in [0.5, 0.6) is 5.75 Å². The predicted molar refractivity (Wildman–Crippen MR) is 99.1 cm³/mol. The summed E-state index contributed by atoms with van der Waals surface area (Å²) < 4.78 is 77.7. The van der Waals surface area contributed by atoms with E-state index in [1.165, 1.54) is 4.68 Å². The number of benzene rings is 1. The van der Waals surface area contributed by atoms with Gasteiger partial charge in [0.15, 0.2) is 5.69 Å². The van der Waals surface area contributed by atoms with E-state index in [0.29, 0.717) is 30.9 Å². The van der Waals surface area contributed by atoms with E-state index in [-0.39, 0.29) is 31.0 Å². The van der Waals surface area contributed by atoms with Crippen molar-refractivity contribution in [2.24, 2.45) is 0 Å². The number of sulfonamides is 1. The zero-order valence-electron chi connectivity index (χ0n) is 15.8. The average molecular weight is 433 g/mol. The van der Waals surface area contributed by atoms with E-state index in [4.69, 9.17) is 9.47 Å². The van der Waals surface area contributed by atoms with E-state index in [0.717, 1.165) is 5.56 Å². The molecule has 1 aromatic carbocycles. The van der Waals surface area contributed by atoms with Crippen LogP contribution in [0.3, 0.4) is 0 Å². The molecule has 1 N–H and O–H groups in total. The molecule has 1 aromatic heterocycles. The summed E-state index contributed by atoms with van der Waals surface area (Å²) in [6.07, 6.45) is -3.96. The lowest BCUT2D eigenvalue weighted by Crippen LogP contribution is -2.31. The van der Waals surface area contributed by atoms with Crippen LogP contribution in [0, 0.1) is 0 Å². The Balaban J connectivity index is 1.58. The summed E-state index contributed by atoms with van der Waals surface area (Å²) in [5, 5.41) is 3.66. The Morgan fingerprint density at radius 2 is 2.00 bits per heavy atom. The van der Waals surface area contributed by atoms with Gasteiger partial charge in [0.25, 0.3) is 0 Å². The fourth-order valence-corrected chi connectivity index (χ4v) is 4.20. The highest BCUT2D eigenvalue weighted by Crippen LogP contribution is 2.34. The number of hydrogen-bond acceptors (Lipinski definition) is 5. The Bertz CT molecular complexity index is 940. The second-order valence-corrected chi connectivity index (χ2v) is 8.54. The Labute approximate surface area is 166 Å². The maximum Gasteiger partial charge on any atom is 0.435 e. The Kier molecular flexibility index (Phi) is 6.49. The van der Waals surface area contributed by atoms with Gasteiger partial charge in [-0.05, 0) is 24.1 Å². The molecule has 7 nitrogen and oxygen atoms in total. The van der Waals surface area contributed by atoms with Crippen molar-refractivity contribution in [3.05, 3.63) is 46.8 Å². The lowest BCUT2D eigenvalue weighted by atomic mass is 10.1. The molecule has 0 amide bonds. The predicted octanol–water partition coefficient (Wildman–Crippen LogP) is 2.15. The van der Waals surface area contributed by atoms with Gasteiger partial charge in [-0.2, -0.15) is 18.3 Å². The first kappa shape index (κ1) is 21.6. The first-order valence-corrected chi connectivity index (χ1v) is 10.7. The smallest absolute Gasteiger partial charge is 0.435 e. The number of halogens is 3. The van der Waals surface area contributed by atoms with Gasteiger partial charge in [-0.25, -0.2) is 13.1 Å². The summed E-state index contributed by atoms with van der Waals surface area (Å²) in [4.78, 5) is 0. The molecular weight excluding hydrogens is 411 g/mol. The minimum absolute atomic E-state index is 0.0141. The van der Waals surface area contributed by atoms with Crippen LogP contribution < -0.4 is 9.46 Å². The Hall–Kier alpha value is -2.11. The second kappa shape index (κ2) is 8.72. The van der Waals surface area contributed by atoms with Crippen LogP contribution in [0.2, 0.25) is 0 Å². The topological polar surface area (TPSA) is 82.5 Å². The van der Waals surface area contributed by atoms with Crippen LogP contribution in [-0.4, -0.2) is 44.2 Å². The Morgan fingerprint density at radius 1 is 1.28 bits per heavy atom. The molecule has 0 saturated heterocycles. The van der Waals surface area contributed by atoms with Gasteiger partial charge < -0.3 is 9.47 Å². The molecule has 0 radical (unpaired) electrons. The highest BCUT2D eigenvalue weighted by molar-refractivity contribution is 7.89. The zero-order valence-corrected chi connectivity index (χ0v) is 16.6. The minimum atomic E-state index is -4.58. The third-order valence-corrected chi connectivity index (χ3v) is 6.01. The normalized spacial score (nSPS) is 14.6. The summed E-state index contributed by atoms with van der Waals surface area (Å²) in [6, 6.07) is 7.06. The van der Waals surface area contributed by atoms with E-state index in [1.54, 1.807) is 31.4 Å². The SMILES string of the molecule is COc1ccc(CCS(=O)(=O)NCCn2nc(C(F)(F)F)c3c2CCOC3)cc1. The Morgan fingerprint density at radius 3 is 2.66 bits per heavy atom. The molecule has 0 unspecified atom stereocenters. The second-order valence-electron chi connectivity index (χ2n) is 6.61. The van der Waals surface area contributed by atoms with E-state index >= 15 is 0 Å². The molecule has 11 heteroatoms. The molecule has 29 heavy (non-hydrogen) atoms. The van der Waals surface area contributed by atoms with Crippen molar-refractivity contribution in [1.29, 1.82) is 0 Å². The van der Waals surface area contributed by atoms with Crippen molar-refractivity contribution in [2.45, 2.75) is 32.2 Å². The van der Waals surface area contributed by atoms with Crippen LogP contribution in [0.4, 0.5) is 13.2 Å². The largest absolute Gasteiger partial charge is 0.497 e. The first-order chi connectivity index (χ1) is 13.7. The molecule has 0 fully saturated rings. The molecule has 2 aromatic rings. The van der Waals surface area contributed by atoms with Crippen molar-refractivity contribution in [3.8, 4) is 5.75 Å².